The number of hydrogen-bond donors (Lipinski definition) is 4. The fourth-order valence-electron chi connectivity index (χ4n) is 7.19. The molecule has 10 nitrogen and oxygen atoms in total. The lowest BCUT2D eigenvalue weighted by atomic mass is 9.91. The summed E-state index contributed by atoms with van der Waals surface area (Å²) in [6.07, 6.45) is -4.37. The number of phenolic OH excluding ortho intramolecular Hbond substituents is 1. The number of benzene rings is 2. The van der Waals surface area contributed by atoms with Crippen molar-refractivity contribution in [2.24, 2.45) is 5.41 Å². The first-order valence-electron chi connectivity index (χ1n) is 16.6. The van der Waals surface area contributed by atoms with Crippen molar-refractivity contribution >= 4 is 49.0 Å². The van der Waals surface area contributed by atoms with Crippen LogP contribution in [0.25, 0.3) is 32.1 Å². The molecule has 0 amide bonds. The Labute approximate surface area is 309 Å². The maximum Gasteiger partial charge on any atom is 0.420 e. The Morgan fingerprint density at radius 3 is 2.40 bits per heavy atom. The molecule has 2 aromatic carbocycles. The molecule has 6 N–H and O–H groups in total. The molecule has 3 aromatic heterocycles. The lowest BCUT2D eigenvalue weighted by Gasteiger charge is -2.34. The first-order chi connectivity index (χ1) is 25.8. The van der Waals surface area contributed by atoms with Crippen LogP contribution in [-0.4, -0.2) is 63.0 Å². The molecule has 0 bridgehead atoms. The van der Waals surface area contributed by atoms with E-state index in [9.17, 15) is 36.7 Å². The van der Waals surface area contributed by atoms with E-state index in [0.29, 0.717) is 11.3 Å². The predicted molar refractivity (Wildman–Crippen MR) is 185 cm³/mol. The average molecular weight is 797 g/mol. The molecule has 2 fully saturated rings. The number of piperidine rings is 1. The van der Waals surface area contributed by atoms with Crippen LogP contribution >= 0.6 is 11.3 Å². The van der Waals surface area contributed by atoms with Gasteiger partial charge in [-0.05, 0) is 50.6 Å². The van der Waals surface area contributed by atoms with Crippen molar-refractivity contribution in [2.45, 2.75) is 50.2 Å². The van der Waals surface area contributed by atoms with Crippen LogP contribution in [-0.2, 0) is 6.18 Å². The molecule has 4 heterocycles. The van der Waals surface area contributed by atoms with Gasteiger partial charge in [0.05, 0.1) is 28.2 Å². The fraction of sp³-hybridized carbons (Fsp3) is 0.371. The molecule has 7 rings (SSSR count). The Hall–Kier alpha value is -5.29. The molecule has 1 saturated heterocycles. The number of thiophene rings is 1. The van der Waals surface area contributed by atoms with E-state index in [2.05, 4.69) is 20.3 Å². The van der Waals surface area contributed by atoms with E-state index in [0.717, 1.165) is 12.1 Å². The molecule has 55 heavy (non-hydrogen) atoms. The van der Waals surface area contributed by atoms with E-state index in [1.54, 1.807) is 6.07 Å². The summed E-state index contributed by atoms with van der Waals surface area (Å²) in [7, 11) is 0. The van der Waals surface area contributed by atoms with Gasteiger partial charge >= 0.3 is 12.2 Å². The van der Waals surface area contributed by atoms with E-state index >= 15 is 13.2 Å². The number of nitriles is 1. The minimum Gasteiger partial charge on any atom is -0.506 e. The third-order valence-corrected chi connectivity index (χ3v) is 11.1. The summed E-state index contributed by atoms with van der Waals surface area (Å²) in [6, 6.07) is 4.31. The van der Waals surface area contributed by atoms with Gasteiger partial charge in [0, 0.05) is 34.5 Å². The van der Waals surface area contributed by atoms with Gasteiger partial charge in [0.1, 0.15) is 45.4 Å². The molecule has 1 aliphatic carbocycles. The summed E-state index contributed by atoms with van der Waals surface area (Å²) in [5.74, 6) is -11.5. The minimum absolute atomic E-state index is 0.0108. The highest BCUT2D eigenvalue weighted by Gasteiger charge is 2.70. The molecule has 2 aliphatic rings. The molecule has 1 aliphatic heterocycles. The SMILES string of the molecule is C[C@@H](Nc1nc(OCC(F)(F)CN2CCC3(CC2)CC3(F)F)nc2c(F)c(-c3ccc(F)c4sc(N)c(C#N)c34)c(C(F)(F)F)c(O)c12)c1cccnc1N. The van der Waals surface area contributed by atoms with Crippen molar-refractivity contribution in [1.29, 1.82) is 5.26 Å². The zero-order chi connectivity index (χ0) is 39.8. The molecular formula is C35H29F9N8O2S. The van der Waals surface area contributed by atoms with Crippen molar-refractivity contribution in [3.05, 3.63) is 58.8 Å². The number of halogens is 9. The van der Waals surface area contributed by atoms with Crippen LogP contribution in [0.1, 0.15) is 48.9 Å². The van der Waals surface area contributed by atoms with Crippen molar-refractivity contribution in [2.75, 3.05) is 43.0 Å². The number of ether oxygens (including phenoxy) is 1. The Balaban J connectivity index is 1.35. The monoisotopic (exact) mass is 796 g/mol. The standard InChI is InChI=1S/C35H29F9N8O2S/c1-15(16-3-2-8-48-28(16)46)49-30-22-25(50-31(51-30)54-14-33(38,39)13-52-9-6-32(7-10-52)12-34(32,40)41)24(37)21(23(26(22)53)35(42,43)44)17-4-5-19(36)27-20(17)18(11-45)29(47)55-27/h2-5,8,15,53H,6-7,9-10,12-14,47H2,1H3,(H2,46,48)(H,49,50,51)/t15-/m1/s1. The third-order valence-electron chi connectivity index (χ3n) is 10.1. The fourth-order valence-corrected chi connectivity index (χ4v) is 8.14. The van der Waals surface area contributed by atoms with Crippen molar-refractivity contribution in [3.63, 3.8) is 0 Å². The van der Waals surface area contributed by atoms with Gasteiger partial charge in [0.25, 0.3) is 11.8 Å². The lowest BCUT2D eigenvalue weighted by molar-refractivity contribution is -0.138. The van der Waals surface area contributed by atoms with E-state index in [1.807, 2.05) is 0 Å². The van der Waals surface area contributed by atoms with Gasteiger partial charge in [0.15, 0.2) is 12.4 Å². The smallest absolute Gasteiger partial charge is 0.420 e. The van der Waals surface area contributed by atoms with Crippen LogP contribution in [0.5, 0.6) is 11.8 Å². The highest BCUT2D eigenvalue weighted by atomic mass is 32.1. The number of nitrogens with two attached hydrogens (primary N) is 2. The molecule has 5 aromatic rings. The van der Waals surface area contributed by atoms with E-state index in [-0.39, 0.29) is 53.4 Å². The number of aromatic hydroxyl groups is 1. The Bertz CT molecular complexity index is 2390. The lowest BCUT2D eigenvalue weighted by Crippen LogP contribution is -2.45. The number of rotatable bonds is 9. The second-order valence-corrected chi connectivity index (χ2v) is 14.7. The number of phenols is 1. The number of nitrogen functional groups attached to an aromatic ring is 2. The normalized spacial score (nSPS) is 17.4. The van der Waals surface area contributed by atoms with Crippen LogP contribution < -0.4 is 21.5 Å². The molecule has 0 radical (unpaired) electrons. The molecule has 20 heteroatoms. The van der Waals surface area contributed by atoms with Crippen LogP contribution in [0.2, 0.25) is 0 Å². The van der Waals surface area contributed by atoms with Gasteiger partial charge in [-0.2, -0.15) is 28.4 Å². The Kier molecular flexibility index (Phi) is 9.11. The molecular weight excluding hydrogens is 767 g/mol. The van der Waals surface area contributed by atoms with Crippen molar-refractivity contribution in [1.82, 2.24) is 19.9 Å². The number of fused-ring (bicyclic) bond motifs is 2. The second kappa shape index (κ2) is 13.2. The van der Waals surface area contributed by atoms with Crippen LogP contribution in [0, 0.1) is 28.4 Å². The van der Waals surface area contributed by atoms with E-state index in [1.165, 1.54) is 30.2 Å². The number of nitrogens with zero attached hydrogens (tertiary/aromatic N) is 5. The van der Waals surface area contributed by atoms with Crippen molar-refractivity contribution in [3.8, 4) is 29.0 Å². The third kappa shape index (κ3) is 6.62. The van der Waals surface area contributed by atoms with Gasteiger partial charge in [0.2, 0.25) is 0 Å². The Morgan fingerprint density at radius 2 is 1.78 bits per heavy atom. The van der Waals surface area contributed by atoms with Gasteiger partial charge in [-0.15, -0.1) is 11.3 Å². The number of nitrogens with one attached hydrogen (secondary N) is 1. The predicted octanol–water partition coefficient (Wildman–Crippen LogP) is 8.25. The van der Waals surface area contributed by atoms with Crippen LogP contribution in [0.15, 0.2) is 30.5 Å². The van der Waals surface area contributed by atoms with Gasteiger partial charge in [-0.1, -0.05) is 12.1 Å². The zero-order valence-corrected chi connectivity index (χ0v) is 29.3. The first kappa shape index (κ1) is 38.0. The number of hydrogen-bond acceptors (Lipinski definition) is 11. The number of pyridine rings is 1. The highest BCUT2D eigenvalue weighted by molar-refractivity contribution is 7.23. The first-order valence-corrected chi connectivity index (χ1v) is 17.4. The van der Waals surface area contributed by atoms with E-state index < -0.39 is 110 Å². The second-order valence-electron chi connectivity index (χ2n) is 13.7. The summed E-state index contributed by atoms with van der Waals surface area (Å²) < 4.78 is 140. The summed E-state index contributed by atoms with van der Waals surface area (Å²) >= 11 is 0.536. The number of aromatic nitrogens is 3. The molecule has 290 valence electrons. The molecule has 1 saturated carbocycles. The topological polar surface area (TPSA) is 159 Å². The number of anilines is 3. The molecule has 1 spiro atoms. The quantitative estimate of drug-likeness (QED) is 0.107. The summed E-state index contributed by atoms with van der Waals surface area (Å²) in [4.78, 5) is 13.1. The maximum atomic E-state index is 17.0. The maximum absolute atomic E-state index is 17.0. The summed E-state index contributed by atoms with van der Waals surface area (Å²) in [6.45, 7) is -0.876. The van der Waals surface area contributed by atoms with Gasteiger partial charge in [-0.25, -0.2) is 31.3 Å². The van der Waals surface area contributed by atoms with Crippen LogP contribution in [0.3, 0.4) is 0 Å². The van der Waals surface area contributed by atoms with E-state index in [4.69, 9.17) is 16.2 Å². The highest BCUT2D eigenvalue weighted by Crippen LogP contribution is 2.66. The van der Waals surface area contributed by atoms with Gasteiger partial charge < -0.3 is 26.6 Å². The van der Waals surface area contributed by atoms with Crippen LogP contribution in [0.4, 0.5) is 56.2 Å². The number of alkyl halides is 7. The largest absolute Gasteiger partial charge is 0.506 e. The zero-order valence-electron chi connectivity index (χ0n) is 28.5. The van der Waals surface area contributed by atoms with Gasteiger partial charge in [-0.3, -0.25) is 4.90 Å². The minimum atomic E-state index is -5.50. The summed E-state index contributed by atoms with van der Waals surface area (Å²) in [5, 5.41) is 22.2. The molecule has 0 unspecified atom stereocenters. The molecule has 1 atom stereocenters. The number of likely N-dealkylation sites (tertiary alicyclic amines) is 1. The Morgan fingerprint density at radius 1 is 1.09 bits per heavy atom. The average Bonchev–Trinajstić information content (AvgIpc) is 3.45. The van der Waals surface area contributed by atoms with Crippen molar-refractivity contribution < 1.29 is 49.4 Å². The summed E-state index contributed by atoms with van der Waals surface area (Å²) in [5.41, 5.74) is 5.53.